The number of furan rings is 1. The van der Waals surface area contributed by atoms with Crippen molar-refractivity contribution in [2.24, 2.45) is 0 Å². The summed E-state index contributed by atoms with van der Waals surface area (Å²) in [6.45, 7) is 3.85. The lowest BCUT2D eigenvalue weighted by atomic mass is 10.0. The quantitative estimate of drug-likeness (QED) is 0.761. The highest BCUT2D eigenvalue weighted by Gasteiger charge is 2.17. The lowest BCUT2D eigenvalue weighted by molar-refractivity contribution is 0.0686. The summed E-state index contributed by atoms with van der Waals surface area (Å²) in [4.78, 5) is 10.8. The number of carboxylic acids is 1. The van der Waals surface area contributed by atoms with E-state index in [-0.39, 0.29) is 5.69 Å². The molecule has 19 heavy (non-hydrogen) atoms. The molecule has 0 aliphatic heterocycles. The Morgan fingerprint density at radius 3 is 2.79 bits per heavy atom. The van der Waals surface area contributed by atoms with Crippen LogP contribution in [0.1, 0.15) is 21.8 Å². The van der Waals surface area contributed by atoms with Crippen LogP contribution in [0.2, 0.25) is 0 Å². The van der Waals surface area contributed by atoms with Crippen molar-refractivity contribution in [1.29, 1.82) is 0 Å². The smallest absolute Gasteiger partial charge is 0.358 e. The van der Waals surface area contributed by atoms with E-state index < -0.39 is 5.97 Å². The second-order valence-electron chi connectivity index (χ2n) is 4.34. The van der Waals surface area contributed by atoms with E-state index in [9.17, 15) is 4.79 Å². The fourth-order valence-electron chi connectivity index (χ4n) is 2.13. The van der Waals surface area contributed by atoms with Crippen LogP contribution in [0.25, 0.3) is 22.3 Å². The molecular formula is C14H11NO4. The largest absolute Gasteiger partial charge is 0.476 e. The maximum Gasteiger partial charge on any atom is 0.358 e. The van der Waals surface area contributed by atoms with Gasteiger partial charge in [-0.1, -0.05) is 17.3 Å². The van der Waals surface area contributed by atoms with Crippen molar-refractivity contribution in [2.75, 3.05) is 0 Å². The Labute approximate surface area is 108 Å². The Hall–Kier alpha value is -2.56. The molecule has 96 valence electrons. The molecule has 0 unspecified atom stereocenters. The summed E-state index contributed by atoms with van der Waals surface area (Å²) in [5.41, 5.74) is 2.44. The first kappa shape index (κ1) is 11.5. The number of rotatable bonds is 2. The Balaban J connectivity index is 2.26. The summed E-state index contributed by atoms with van der Waals surface area (Å²) >= 11 is 0. The first-order valence-electron chi connectivity index (χ1n) is 5.77. The summed E-state index contributed by atoms with van der Waals surface area (Å²) in [7, 11) is 0. The molecule has 0 aliphatic rings. The molecule has 1 N–H and O–H groups in total. The van der Waals surface area contributed by atoms with Gasteiger partial charge in [0.1, 0.15) is 11.3 Å². The van der Waals surface area contributed by atoms with Crippen LogP contribution < -0.4 is 0 Å². The van der Waals surface area contributed by atoms with E-state index in [1.165, 1.54) is 6.07 Å². The molecule has 3 rings (SSSR count). The number of nitrogens with zero attached hydrogens (tertiary/aromatic N) is 1. The van der Waals surface area contributed by atoms with E-state index in [0.29, 0.717) is 5.76 Å². The Morgan fingerprint density at radius 1 is 1.32 bits per heavy atom. The zero-order chi connectivity index (χ0) is 13.6. The van der Waals surface area contributed by atoms with Crippen molar-refractivity contribution in [2.45, 2.75) is 13.8 Å². The topological polar surface area (TPSA) is 76.5 Å². The first-order valence-corrected chi connectivity index (χ1v) is 5.77. The minimum atomic E-state index is -1.11. The van der Waals surface area contributed by atoms with Gasteiger partial charge in [-0.15, -0.1) is 0 Å². The summed E-state index contributed by atoms with van der Waals surface area (Å²) in [5, 5.41) is 13.3. The summed E-state index contributed by atoms with van der Waals surface area (Å²) in [5.74, 6) is 0.148. The standard InChI is InChI=1S/C14H11NO4/c1-7-8(2)18-11-5-3-4-9(13(7)11)12-6-10(14(16)17)15-19-12/h3-6H,1-2H3,(H,16,17). The number of aromatic carboxylic acids is 1. The average molecular weight is 257 g/mol. The van der Waals surface area contributed by atoms with Crippen LogP contribution in [-0.4, -0.2) is 16.2 Å². The number of fused-ring (bicyclic) bond motifs is 1. The fourth-order valence-corrected chi connectivity index (χ4v) is 2.13. The highest BCUT2D eigenvalue weighted by atomic mass is 16.5. The lowest BCUT2D eigenvalue weighted by Gasteiger charge is -1.98. The van der Waals surface area contributed by atoms with Gasteiger partial charge in [0.05, 0.1) is 0 Å². The number of carbonyl (C=O) groups is 1. The average Bonchev–Trinajstić information content (AvgIpc) is 2.96. The minimum Gasteiger partial charge on any atom is -0.476 e. The van der Waals surface area contributed by atoms with Gasteiger partial charge in [-0.25, -0.2) is 4.79 Å². The van der Waals surface area contributed by atoms with E-state index in [1.54, 1.807) is 0 Å². The van der Waals surface area contributed by atoms with Crippen molar-refractivity contribution < 1.29 is 18.8 Å². The molecular weight excluding hydrogens is 246 g/mol. The fraction of sp³-hybridized carbons (Fsp3) is 0.143. The molecule has 5 nitrogen and oxygen atoms in total. The van der Waals surface area contributed by atoms with E-state index in [1.807, 2.05) is 32.0 Å². The maximum absolute atomic E-state index is 10.8. The number of carboxylic acid groups (broad SMARTS) is 1. The first-order chi connectivity index (χ1) is 9.08. The zero-order valence-corrected chi connectivity index (χ0v) is 10.4. The second-order valence-corrected chi connectivity index (χ2v) is 4.34. The van der Waals surface area contributed by atoms with Crippen LogP contribution in [0.15, 0.2) is 33.2 Å². The predicted octanol–water partition coefficient (Wildman–Crippen LogP) is 3.40. The third kappa shape index (κ3) is 1.71. The van der Waals surface area contributed by atoms with Gasteiger partial charge >= 0.3 is 5.97 Å². The number of hydrogen-bond donors (Lipinski definition) is 1. The van der Waals surface area contributed by atoms with E-state index in [2.05, 4.69) is 5.16 Å². The van der Waals surface area contributed by atoms with Crippen LogP contribution in [-0.2, 0) is 0 Å². The van der Waals surface area contributed by atoms with Crippen LogP contribution in [0.4, 0.5) is 0 Å². The molecule has 0 fully saturated rings. The highest BCUT2D eigenvalue weighted by Crippen LogP contribution is 2.34. The Kier molecular flexibility index (Phi) is 2.41. The van der Waals surface area contributed by atoms with Crippen molar-refractivity contribution >= 4 is 16.9 Å². The van der Waals surface area contributed by atoms with E-state index in [0.717, 1.165) is 27.9 Å². The van der Waals surface area contributed by atoms with Crippen LogP contribution >= 0.6 is 0 Å². The van der Waals surface area contributed by atoms with Gasteiger partial charge in [0.2, 0.25) is 0 Å². The lowest BCUT2D eigenvalue weighted by Crippen LogP contribution is -1.94. The SMILES string of the molecule is Cc1oc2cccc(-c3cc(C(=O)O)no3)c2c1C. The molecule has 1 aromatic carbocycles. The molecule has 0 radical (unpaired) electrons. The molecule has 0 saturated carbocycles. The molecule has 2 aromatic heterocycles. The summed E-state index contributed by atoms with van der Waals surface area (Å²) in [6.07, 6.45) is 0. The molecule has 2 heterocycles. The van der Waals surface area contributed by atoms with E-state index in [4.69, 9.17) is 14.0 Å². The van der Waals surface area contributed by atoms with Crippen LogP contribution in [0.3, 0.4) is 0 Å². The zero-order valence-electron chi connectivity index (χ0n) is 10.4. The molecule has 0 bridgehead atoms. The Bertz CT molecular complexity index is 782. The van der Waals surface area contributed by atoms with Gasteiger partial charge in [0, 0.05) is 17.0 Å². The number of benzene rings is 1. The maximum atomic E-state index is 10.8. The number of aromatic nitrogens is 1. The van der Waals surface area contributed by atoms with E-state index >= 15 is 0 Å². The minimum absolute atomic E-state index is 0.107. The van der Waals surface area contributed by atoms with Crippen molar-refractivity contribution in [3.8, 4) is 11.3 Å². The third-order valence-corrected chi connectivity index (χ3v) is 3.19. The van der Waals surface area contributed by atoms with Crippen LogP contribution in [0, 0.1) is 13.8 Å². The molecule has 0 atom stereocenters. The normalized spacial score (nSPS) is 11.1. The predicted molar refractivity (Wildman–Crippen MR) is 68.1 cm³/mol. The van der Waals surface area contributed by atoms with Gasteiger partial charge in [-0.3, -0.25) is 0 Å². The second kappa shape index (κ2) is 3.98. The molecule has 0 spiro atoms. The van der Waals surface area contributed by atoms with Gasteiger partial charge < -0.3 is 14.0 Å². The van der Waals surface area contributed by atoms with Gasteiger partial charge in [0.15, 0.2) is 11.5 Å². The van der Waals surface area contributed by atoms with Crippen molar-refractivity contribution in [3.05, 3.63) is 41.3 Å². The molecule has 0 amide bonds. The van der Waals surface area contributed by atoms with Crippen molar-refractivity contribution in [1.82, 2.24) is 5.16 Å². The number of aryl methyl sites for hydroxylation is 2. The monoisotopic (exact) mass is 257 g/mol. The molecule has 3 aromatic rings. The highest BCUT2D eigenvalue weighted by molar-refractivity contribution is 5.96. The summed E-state index contributed by atoms with van der Waals surface area (Å²) in [6, 6.07) is 6.98. The van der Waals surface area contributed by atoms with Gasteiger partial charge in [0.25, 0.3) is 0 Å². The van der Waals surface area contributed by atoms with Crippen molar-refractivity contribution in [3.63, 3.8) is 0 Å². The van der Waals surface area contributed by atoms with Gasteiger partial charge in [-0.2, -0.15) is 0 Å². The molecule has 0 aliphatic carbocycles. The number of hydrogen-bond acceptors (Lipinski definition) is 4. The van der Waals surface area contributed by atoms with Gasteiger partial charge in [-0.05, 0) is 25.5 Å². The van der Waals surface area contributed by atoms with Crippen LogP contribution in [0.5, 0.6) is 0 Å². The molecule has 0 saturated heterocycles. The summed E-state index contributed by atoms with van der Waals surface area (Å²) < 4.78 is 10.7. The third-order valence-electron chi connectivity index (χ3n) is 3.19. The Morgan fingerprint density at radius 2 is 2.11 bits per heavy atom. The molecule has 5 heteroatoms.